The minimum absolute atomic E-state index is 0.0563. The highest BCUT2D eigenvalue weighted by molar-refractivity contribution is 7.90. The van der Waals surface area contributed by atoms with Gasteiger partial charge in [-0.1, -0.05) is 36.9 Å². The third-order valence-electron chi connectivity index (χ3n) is 2.65. The monoisotopic (exact) mass is 275 g/mol. The van der Waals surface area contributed by atoms with Gasteiger partial charge in [-0.3, -0.25) is 4.79 Å². The Kier molecular flexibility index (Phi) is 3.40. The molecule has 2 aromatic carbocycles. The Balaban J connectivity index is 2.43. The zero-order valence-corrected chi connectivity index (χ0v) is 11.2. The zero-order chi connectivity index (χ0) is 14.0. The summed E-state index contributed by atoms with van der Waals surface area (Å²) in [5.41, 5.74) is 0.143. The van der Waals surface area contributed by atoms with Gasteiger partial charge in [0.05, 0.1) is 4.90 Å². The molecule has 2 rings (SSSR count). The van der Waals surface area contributed by atoms with E-state index in [1.807, 2.05) is 29.0 Å². The molecule has 0 fully saturated rings. The van der Waals surface area contributed by atoms with Gasteiger partial charge in [-0.25, -0.2) is 13.1 Å². The van der Waals surface area contributed by atoms with Crippen molar-refractivity contribution < 1.29 is 13.2 Å². The first-order valence-electron chi connectivity index (χ1n) is 5.61. The van der Waals surface area contributed by atoms with Crippen molar-refractivity contribution in [2.24, 2.45) is 0 Å². The molecule has 0 heterocycles. The summed E-state index contributed by atoms with van der Waals surface area (Å²) in [4.78, 5) is 11.5. The maximum Gasteiger partial charge on any atom is 0.264 e. The van der Waals surface area contributed by atoms with E-state index in [0.29, 0.717) is 0 Å². The van der Waals surface area contributed by atoms with Crippen LogP contribution in [-0.4, -0.2) is 14.3 Å². The summed E-state index contributed by atoms with van der Waals surface area (Å²) in [6.45, 7) is 4.86. The first-order chi connectivity index (χ1) is 8.90. The van der Waals surface area contributed by atoms with E-state index in [0.717, 1.165) is 10.8 Å². The number of fused-ring (bicyclic) bond motifs is 1. The highest BCUT2D eigenvalue weighted by Gasteiger charge is 2.17. The smallest absolute Gasteiger partial charge is 0.264 e. The molecule has 0 aromatic heterocycles. The maximum atomic E-state index is 12.0. The van der Waals surface area contributed by atoms with Crippen LogP contribution in [0.2, 0.25) is 0 Å². The van der Waals surface area contributed by atoms with Gasteiger partial charge >= 0.3 is 0 Å². The molecule has 98 valence electrons. The highest BCUT2D eigenvalue weighted by atomic mass is 32.2. The number of amides is 1. The average molecular weight is 275 g/mol. The van der Waals surface area contributed by atoms with Crippen LogP contribution >= 0.6 is 0 Å². The molecule has 0 saturated heterocycles. The standard InChI is InChI=1S/C14H13NO3S/c1-10(2)14(16)15-19(17,18)13-8-7-11-5-3-4-6-12(11)9-13/h3-9H,1H2,2H3,(H,15,16). The lowest BCUT2D eigenvalue weighted by Gasteiger charge is -2.07. The number of rotatable bonds is 3. The van der Waals surface area contributed by atoms with Crippen LogP contribution in [0, 0.1) is 0 Å². The van der Waals surface area contributed by atoms with Gasteiger partial charge in [-0.05, 0) is 29.8 Å². The van der Waals surface area contributed by atoms with Crippen molar-refractivity contribution in [3.63, 3.8) is 0 Å². The Hall–Kier alpha value is -2.14. The second kappa shape index (κ2) is 4.85. The van der Waals surface area contributed by atoms with Crippen LogP contribution in [0.15, 0.2) is 59.5 Å². The Bertz CT molecular complexity index is 763. The number of nitrogens with one attached hydrogen (secondary N) is 1. The lowest BCUT2D eigenvalue weighted by molar-refractivity contribution is -0.115. The predicted molar refractivity (Wildman–Crippen MR) is 74.1 cm³/mol. The van der Waals surface area contributed by atoms with Crippen molar-refractivity contribution >= 4 is 26.7 Å². The Morgan fingerprint density at radius 1 is 1.11 bits per heavy atom. The molecule has 0 atom stereocenters. The zero-order valence-electron chi connectivity index (χ0n) is 10.4. The number of hydrogen-bond donors (Lipinski definition) is 1. The number of hydrogen-bond acceptors (Lipinski definition) is 3. The van der Waals surface area contributed by atoms with Gasteiger partial charge in [-0.15, -0.1) is 0 Å². The fraction of sp³-hybridized carbons (Fsp3) is 0.0714. The molecular formula is C14H13NO3S. The predicted octanol–water partition coefficient (Wildman–Crippen LogP) is 2.22. The van der Waals surface area contributed by atoms with Crippen LogP contribution in [0.3, 0.4) is 0 Å². The summed E-state index contributed by atoms with van der Waals surface area (Å²) in [5, 5.41) is 1.74. The first-order valence-corrected chi connectivity index (χ1v) is 7.10. The van der Waals surface area contributed by atoms with Crippen LogP contribution < -0.4 is 4.72 Å². The van der Waals surface area contributed by atoms with Crippen LogP contribution in [0.25, 0.3) is 10.8 Å². The summed E-state index contributed by atoms with van der Waals surface area (Å²) in [5.74, 6) is -0.701. The van der Waals surface area contributed by atoms with E-state index in [-0.39, 0.29) is 10.5 Å². The molecule has 19 heavy (non-hydrogen) atoms. The van der Waals surface area contributed by atoms with Crippen molar-refractivity contribution in [3.8, 4) is 0 Å². The summed E-state index contributed by atoms with van der Waals surface area (Å²) < 4.78 is 26.0. The molecule has 0 bridgehead atoms. The third-order valence-corrected chi connectivity index (χ3v) is 3.97. The third kappa shape index (κ3) is 2.82. The maximum absolute atomic E-state index is 12.0. The molecule has 0 aliphatic carbocycles. The minimum atomic E-state index is -3.86. The molecule has 1 amide bonds. The second-order valence-corrected chi connectivity index (χ2v) is 5.91. The van der Waals surface area contributed by atoms with E-state index in [9.17, 15) is 13.2 Å². The van der Waals surface area contributed by atoms with Crippen molar-refractivity contribution in [1.82, 2.24) is 4.72 Å². The van der Waals surface area contributed by atoms with E-state index in [4.69, 9.17) is 0 Å². The lowest BCUT2D eigenvalue weighted by atomic mass is 10.1. The van der Waals surface area contributed by atoms with Gasteiger partial charge in [0.25, 0.3) is 15.9 Å². The van der Waals surface area contributed by atoms with E-state index >= 15 is 0 Å². The largest absolute Gasteiger partial charge is 0.269 e. The summed E-state index contributed by atoms with van der Waals surface area (Å²) >= 11 is 0. The summed E-state index contributed by atoms with van der Waals surface area (Å²) in [7, 11) is -3.86. The van der Waals surface area contributed by atoms with Crippen LogP contribution in [0.1, 0.15) is 6.92 Å². The summed E-state index contributed by atoms with van der Waals surface area (Å²) in [6.07, 6.45) is 0. The highest BCUT2D eigenvalue weighted by Crippen LogP contribution is 2.18. The molecule has 0 aliphatic rings. The van der Waals surface area contributed by atoms with E-state index in [2.05, 4.69) is 6.58 Å². The molecule has 0 spiro atoms. The van der Waals surface area contributed by atoms with Crippen LogP contribution in [0.4, 0.5) is 0 Å². The topological polar surface area (TPSA) is 63.2 Å². The van der Waals surface area contributed by atoms with Gasteiger partial charge in [0.15, 0.2) is 0 Å². The van der Waals surface area contributed by atoms with E-state index < -0.39 is 15.9 Å². The van der Waals surface area contributed by atoms with Gasteiger partial charge in [0.2, 0.25) is 0 Å². The number of carbonyl (C=O) groups excluding carboxylic acids is 1. The molecule has 5 heteroatoms. The Labute approximate surface area is 111 Å². The normalized spacial score (nSPS) is 11.2. The van der Waals surface area contributed by atoms with Crippen molar-refractivity contribution in [3.05, 3.63) is 54.6 Å². The van der Waals surface area contributed by atoms with E-state index in [1.165, 1.54) is 19.1 Å². The lowest BCUT2D eigenvalue weighted by Crippen LogP contribution is -2.30. The molecule has 4 nitrogen and oxygen atoms in total. The quantitative estimate of drug-likeness (QED) is 0.874. The second-order valence-electron chi connectivity index (χ2n) is 4.22. The molecule has 0 unspecified atom stereocenters. The van der Waals surface area contributed by atoms with Crippen molar-refractivity contribution in [1.29, 1.82) is 0 Å². The van der Waals surface area contributed by atoms with Gasteiger partial charge in [-0.2, -0.15) is 0 Å². The fourth-order valence-corrected chi connectivity index (χ4v) is 2.67. The molecule has 2 aromatic rings. The molecule has 0 aliphatic heterocycles. The first kappa shape index (κ1) is 13.3. The SMILES string of the molecule is C=C(C)C(=O)NS(=O)(=O)c1ccc2ccccc2c1. The number of sulfonamides is 1. The molecule has 0 saturated carbocycles. The van der Waals surface area contributed by atoms with Crippen molar-refractivity contribution in [2.45, 2.75) is 11.8 Å². The van der Waals surface area contributed by atoms with Gasteiger partial charge in [0.1, 0.15) is 0 Å². The van der Waals surface area contributed by atoms with Gasteiger partial charge in [0, 0.05) is 5.57 Å². The molecule has 1 N–H and O–H groups in total. The summed E-state index contributed by atoms with van der Waals surface area (Å²) in [6, 6.07) is 12.1. The average Bonchev–Trinajstić information content (AvgIpc) is 2.37. The van der Waals surface area contributed by atoms with Crippen molar-refractivity contribution in [2.75, 3.05) is 0 Å². The minimum Gasteiger partial charge on any atom is -0.269 e. The van der Waals surface area contributed by atoms with Crippen LogP contribution in [-0.2, 0) is 14.8 Å². The van der Waals surface area contributed by atoms with E-state index in [1.54, 1.807) is 6.07 Å². The van der Waals surface area contributed by atoms with Gasteiger partial charge < -0.3 is 0 Å². The van der Waals surface area contributed by atoms with Crippen LogP contribution in [0.5, 0.6) is 0 Å². The Morgan fingerprint density at radius 3 is 2.37 bits per heavy atom. The molecular weight excluding hydrogens is 262 g/mol. The molecule has 0 radical (unpaired) electrons. The number of benzene rings is 2. The number of carbonyl (C=O) groups is 1. The Morgan fingerprint density at radius 2 is 1.74 bits per heavy atom. The fourth-order valence-electron chi connectivity index (χ4n) is 1.60.